The van der Waals surface area contributed by atoms with E-state index in [0.717, 1.165) is 32.1 Å². The SMILES string of the molecule is CCCCCCCCCSCCCCCCCC(=O)OCC(COP(=O)(O)OCCN)OC(=O)CCCCCCC[S+](C)CCCCCCCCC. The van der Waals surface area contributed by atoms with Crippen LogP contribution in [-0.4, -0.2) is 78.6 Å². The highest BCUT2D eigenvalue weighted by Gasteiger charge is 2.26. The van der Waals surface area contributed by atoms with Crippen LogP contribution in [0.4, 0.5) is 0 Å². The third kappa shape index (κ3) is 38.0. The summed E-state index contributed by atoms with van der Waals surface area (Å²) in [6.45, 7) is 3.76. The summed E-state index contributed by atoms with van der Waals surface area (Å²) in [4.78, 5) is 34.9. The Morgan fingerprint density at radius 3 is 1.58 bits per heavy atom. The molecule has 0 saturated heterocycles. The molecule has 0 aliphatic carbocycles. The highest BCUT2D eigenvalue weighted by Crippen LogP contribution is 2.43. The normalized spacial score (nSPS) is 13.9. The summed E-state index contributed by atoms with van der Waals surface area (Å²) in [6.07, 6.45) is 31.2. The van der Waals surface area contributed by atoms with Gasteiger partial charge in [0.25, 0.3) is 0 Å². The van der Waals surface area contributed by atoms with Crippen molar-refractivity contribution in [2.24, 2.45) is 5.73 Å². The average Bonchev–Trinajstić information content (AvgIpc) is 3.12. The van der Waals surface area contributed by atoms with Crippen LogP contribution in [0.3, 0.4) is 0 Å². The molecule has 3 unspecified atom stereocenters. The number of unbranched alkanes of at least 4 members (excludes halogenated alkanes) is 20. The molecule has 0 spiro atoms. The minimum Gasteiger partial charge on any atom is -0.462 e. The summed E-state index contributed by atoms with van der Waals surface area (Å²) < 4.78 is 32.8. The van der Waals surface area contributed by atoms with Gasteiger partial charge >= 0.3 is 19.8 Å². The highest BCUT2D eigenvalue weighted by molar-refractivity contribution is 7.99. The van der Waals surface area contributed by atoms with Gasteiger partial charge < -0.3 is 20.1 Å². The van der Waals surface area contributed by atoms with Crippen molar-refractivity contribution in [2.75, 3.05) is 55.6 Å². The van der Waals surface area contributed by atoms with Crippen molar-refractivity contribution in [3.05, 3.63) is 0 Å². The lowest BCUT2D eigenvalue weighted by atomic mass is 10.1. The summed E-state index contributed by atoms with van der Waals surface area (Å²) in [7, 11) is -3.87. The first-order valence-corrected chi connectivity index (χ1v) is 25.7. The van der Waals surface area contributed by atoms with Crippen LogP contribution in [0.2, 0.25) is 0 Å². The monoisotopic (exact) mass is 799 g/mol. The summed E-state index contributed by atoms with van der Waals surface area (Å²) in [5.41, 5.74) is 5.35. The zero-order valence-electron chi connectivity index (χ0n) is 33.8. The van der Waals surface area contributed by atoms with Crippen LogP contribution in [0.1, 0.15) is 181 Å². The lowest BCUT2D eigenvalue weighted by Gasteiger charge is -2.19. The highest BCUT2D eigenvalue weighted by atomic mass is 32.2. The smallest absolute Gasteiger partial charge is 0.462 e. The number of carbonyl (C=O) groups excluding carboxylic acids is 2. The second kappa shape index (κ2) is 39.0. The van der Waals surface area contributed by atoms with E-state index in [0.29, 0.717) is 17.3 Å². The van der Waals surface area contributed by atoms with Crippen LogP contribution in [0, 0.1) is 0 Å². The number of thioether (sulfide) groups is 1. The molecule has 52 heavy (non-hydrogen) atoms. The second-order valence-electron chi connectivity index (χ2n) is 14.3. The van der Waals surface area contributed by atoms with Gasteiger partial charge in [-0.15, -0.1) is 0 Å². The van der Waals surface area contributed by atoms with Crippen molar-refractivity contribution in [2.45, 2.75) is 187 Å². The van der Waals surface area contributed by atoms with E-state index in [1.54, 1.807) is 0 Å². The Morgan fingerprint density at radius 2 is 1.08 bits per heavy atom. The Kier molecular flexibility index (Phi) is 38.7. The first-order chi connectivity index (χ1) is 25.2. The third-order valence-electron chi connectivity index (χ3n) is 9.06. The predicted molar refractivity (Wildman–Crippen MR) is 223 cm³/mol. The van der Waals surface area contributed by atoms with Crippen LogP contribution in [0.5, 0.6) is 0 Å². The lowest BCUT2D eigenvalue weighted by molar-refractivity contribution is -0.161. The number of rotatable bonds is 41. The van der Waals surface area contributed by atoms with Gasteiger partial charge in [0.05, 0.1) is 19.5 Å². The number of nitrogens with two attached hydrogens (primary N) is 1. The predicted octanol–water partition coefficient (Wildman–Crippen LogP) is 10.7. The molecule has 3 N–H and O–H groups in total. The zero-order valence-corrected chi connectivity index (χ0v) is 36.3. The Balaban J connectivity index is 4.18. The fraction of sp³-hybridized carbons (Fsp3) is 0.950. The van der Waals surface area contributed by atoms with Gasteiger partial charge in [-0.05, 0) is 73.8 Å². The molecular formula is C40H81NO8PS2+. The molecule has 0 saturated carbocycles. The van der Waals surface area contributed by atoms with Gasteiger partial charge in [-0.2, -0.15) is 11.8 Å². The van der Waals surface area contributed by atoms with Crippen molar-refractivity contribution in [1.82, 2.24) is 0 Å². The topological polar surface area (TPSA) is 134 Å². The third-order valence-corrected chi connectivity index (χ3v) is 13.2. The van der Waals surface area contributed by atoms with Gasteiger partial charge in [0.2, 0.25) is 0 Å². The molecule has 0 aliphatic rings. The Labute approximate surface area is 327 Å². The van der Waals surface area contributed by atoms with E-state index in [9.17, 15) is 19.0 Å². The molecule has 0 aromatic carbocycles. The average molecular weight is 799 g/mol. The largest absolute Gasteiger partial charge is 0.472 e. The minimum atomic E-state index is -4.37. The first kappa shape index (κ1) is 51.7. The van der Waals surface area contributed by atoms with Gasteiger partial charge in [-0.1, -0.05) is 117 Å². The molecule has 0 amide bonds. The molecule has 12 heteroatoms. The van der Waals surface area contributed by atoms with E-state index in [-0.39, 0.29) is 38.6 Å². The van der Waals surface area contributed by atoms with Gasteiger partial charge in [0.15, 0.2) is 6.10 Å². The van der Waals surface area contributed by atoms with Crippen LogP contribution < -0.4 is 5.73 Å². The van der Waals surface area contributed by atoms with Crippen molar-refractivity contribution < 1.29 is 37.6 Å². The van der Waals surface area contributed by atoms with Crippen LogP contribution >= 0.6 is 19.6 Å². The van der Waals surface area contributed by atoms with E-state index in [2.05, 4.69) is 31.9 Å². The van der Waals surface area contributed by atoms with E-state index in [1.807, 2.05) is 0 Å². The van der Waals surface area contributed by atoms with E-state index >= 15 is 0 Å². The number of phosphoric acid groups is 1. The second-order valence-corrected chi connectivity index (χ2v) is 19.3. The van der Waals surface area contributed by atoms with Crippen LogP contribution in [0.15, 0.2) is 0 Å². The van der Waals surface area contributed by atoms with Crippen molar-refractivity contribution in [3.63, 3.8) is 0 Å². The molecule has 0 aromatic rings. The molecular weight excluding hydrogens is 718 g/mol. The Hall–Kier alpha value is -0.290. The summed E-state index contributed by atoms with van der Waals surface area (Å²) >= 11 is 2.06. The number of esters is 2. The Bertz CT molecular complexity index is 856. The van der Waals surface area contributed by atoms with Crippen LogP contribution in [0.25, 0.3) is 0 Å². The number of carbonyl (C=O) groups is 2. The van der Waals surface area contributed by atoms with Crippen molar-refractivity contribution in [1.29, 1.82) is 0 Å². The summed E-state index contributed by atoms with van der Waals surface area (Å²) in [5.74, 6) is 4.29. The lowest BCUT2D eigenvalue weighted by Crippen LogP contribution is -2.29. The van der Waals surface area contributed by atoms with Crippen LogP contribution in [-0.2, 0) is 43.6 Å². The van der Waals surface area contributed by atoms with E-state index in [1.165, 1.54) is 139 Å². The first-order valence-electron chi connectivity index (χ1n) is 21.1. The molecule has 0 aromatic heterocycles. The number of hydrogen-bond acceptors (Lipinski definition) is 9. The molecule has 0 bridgehead atoms. The molecule has 9 nitrogen and oxygen atoms in total. The molecule has 0 fully saturated rings. The zero-order chi connectivity index (χ0) is 38.4. The van der Waals surface area contributed by atoms with Gasteiger partial charge in [-0.25, -0.2) is 4.57 Å². The molecule has 0 radical (unpaired) electrons. The van der Waals surface area contributed by atoms with Gasteiger partial charge in [0, 0.05) is 19.4 Å². The summed E-state index contributed by atoms with van der Waals surface area (Å²) in [5, 5.41) is 0. The maximum absolute atomic E-state index is 12.6. The fourth-order valence-electron chi connectivity index (χ4n) is 5.82. The Morgan fingerprint density at radius 1 is 0.635 bits per heavy atom. The standard InChI is InChI=1S/C40H80NO8PS2/c1-4-6-8-10-12-18-24-32-51-33-25-19-14-16-22-28-39(42)46-36-38(37-48-50(44,45)47-31-30-41)49-40(43)29-23-17-15-21-27-35-52(3)34-26-20-13-11-9-7-5-2/h38H,4-37,41H2,1-3H3/p+1. The van der Waals surface area contributed by atoms with Crippen molar-refractivity contribution >= 4 is 42.4 Å². The molecule has 0 rings (SSSR count). The molecule has 310 valence electrons. The quantitative estimate of drug-likeness (QED) is 0.0266. The fourth-order valence-corrected chi connectivity index (χ4v) is 9.21. The number of phosphoric ester groups is 1. The molecule has 0 aliphatic heterocycles. The number of ether oxygens (including phenoxy) is 2. The van der Waals surface area contributed by atoms with Crippen molar-refractivity contribution in [3.8, 4) is 0 Å². The van der Waals surface area contributed by atoms with E-state index < -0.39 is 26.5 Å². The van der Waals surface area contributed by atoms with Gasteiger partial charge in [0.1, 0.15) is 18.1 Å². The minimum absolute atomic E-state index is 0.0564. The number of hydrogen-bond donors (Lipinski definition) is 2. The van der Waals surface area contributed by atoms with E-state index in [4.69, 9.17) is 24.3 Å². The summed E-state index contributed by atoms with van der Waals surface area (Å²) in [6, 6.07) is 0. The molecule has 0 heterocycles. The maximum Gasteiger partial charge on any atom is 0.472 e. The maximum atomic E-state index is 12.6. The van der Waals surface area contributed by atoms with Gasteiger partial charge in [-0.3, -0.25) is 18.6 Å². The molecule has 3 atom stereocenters.